The molecule has 0 unspecified atom stereocenters. The van der Waals surface area contributed by atoms with Gasteiger partial charge in [-0.2, -0.15) is 0 Å². The molecule has 1 heterocycles. The van der Waals surface area contributed by atoms with Crippen molar-refractivity contribution in [2.24, 2.45) is 4.99 Å². The fraction of sp³-hybridized carbons (Fsp3) is 0.469. The number of thioether (sulfide) groups is 1. The number of nitrogens with one attached hydrogen (secondary N) is 1. The van der Waals surface area contributed by atoms with Crippen LogP contribution in [-0.4, -0.2) is 47.2 Å². The van der Waals surface area contributed by atoms with E-state index in [-0.39, 0.29) is 36.3 Å². The van der Waals surface area contributed by atoms with Crippen LogP contribution in [0.15, 0.2) is 50.8 Å². The van der Waals surface area contributed by atoms with Crippen molar-refractivity contribution in [3.8, 4) is 11.5 Å². The highest BCUT2D eigenvalue weighted by molar-refractivity contribution is 9.10. The highest BCUT2D eigenvalue weighted by Crippen LogP contribution is 2.41. The second-order valence-corrected chi connectivity index (χ2v) is 12.8. The molecule has 3 aliphatic rings. The SMILES string of the molecule is CCOc1cc(C=C2SC(=NC3CCCCC3)N(C3CCCCC3)C2=O)cc(Br)c1OCC(=O)Nc1ccc(F)cc1. The van der Waals surface area contributed by atoms with Gasteiger partial charge in [0.1, 0.15) is 5.82 Å². The molecule has 0 radical (unpaired) electrons. The second kappa shape index (κ2) is 14.6. The van der Waals surface area contributed by atoms with Crippen LogP contribution in [0.2, 0.25) is 0 Å². The highest BCUT2D eigenvalue weighted by Gasteiger charge is 2.39. The van der Waals surface area contributed by atoms with Crippen molar-refractivity contribution >= 4 is 56.4 Å². The molecule has 0 aromatic heterocycles. The third kappa shape index (κ3) is 7.75. The number of carbonyl (C=O) groups excluding carboxylic acids is 2. The van der Waals surface area contributed by atoms with E-state index >= 15 is 0 Å². The van der Waals surface area contributed by atoms with E-state index in [1.807, 2.05) is 30.0 Å². The Morgan fingerprint density at radius 2 is 1.76 bits per heavy atom. The fourth-order valence-electron chi connectivity index (χ4n) is 5.70. The fourth-order valence-corrected chi connectivity index (χ4v) is 7.38. The lowest BCUT2D eigenvalue weighted by Gasteiger charge is -2.31. The predicted octanol–water partition coefficient (Wildman–Crippen LogP) is 7.94. The predicted molar refractivity (Wildman–Crippen MR) is 169 cm³/mol. The summed E-state index contributed by atoms with van der Waals surface area (Å²) >= 11 is 5.05. The van der Waals surface area contributed by atoms with E-state index in [2.05, 4.69) is 21.2 Å². The first-order chi connectivity index (χ1) is 20.4. The van der Waals surface area contributed by atoms with Crippen LogP contribution in [0, 0.1) is 5.82 Å². The van der Waals surface area contributed by atoms with E-state index in [4.69, 9.17) is 14.5 Å². The van der Waals surface area contributed by atoms with Gasteiger partial charge in [0.15, 0.2) is 23.3 Å². The molecule has 2 aliphatic carbocycles. The molecule has 1 saturated heterocycles. The normalized spacial score (nSPS) is 20.4. The minimum Gasteiger partial charge on any atom is -0.490 e. The van der Waals surface area contributed by atoms with Gasteiger partial charge in [-0.3, -0.25) is 19.5 Å². The van der Waals surface area contributed by atoms with E-state index in [9.17, 15) is 14.0 Å². The summed E-state index contributed by atoms with van der Waals surface area (Å²) in [5, 5.41) is 3.54. The number of anilines is 1. The van der Waals surface area contributed by atoms with Gasteiger partial charge in [0, 0.05) is 11.7 Å². The van der Waals surface area contributed by atoms with Crippen molar-refractivity contribution in [1.82, 2.24) is 4.90 Å². The monoisotopic (exact) mass is 657 g/mol. The van der Waals surface area contributed by atoms with E-state index < -0.39 is 0 Å². The van der Waals surface area contributed by atoms with E-state index in [0.29, 0.717) is 33.2 Å². The molecule has 0 spiro atoms. The zero-order chi connectivity index (χ0) is 29.5. The van der Waals surface area contributed by atoms with Crippen molar-refractivity contribution in [2.45, 2.75) is 83.2 Å². The van der Waals surface area contributed by atoms with Gasteiger partial charge in [0.25, 0.3) is 11.8 Å². The molecule has 1 aliphatic heterocycles. The highest BCUT2D eigenvalue weighted by atomic mass is 79.9. The van der Waals surface area contributed by atoms with Crippen LogP contribution in [0.1, 0.15) is 76.7 Å². The Balaban J connectivity index is 1.35. The van der Waals surface area contributed by atoms with Crippen molar-refractivity contribution in [3.63, 3.8) is 0 Å². The molecule has 10 heteroatoms. The smallest absolute Gasteiger partial charge is 0.266 e. The Labute approximate surface area is 259 Å². The Kier molecular flexibility index (Phi) is 10.6. The molecular formula is C32H37BrFN3O4S. The quantitative estimate of drug-likeness (QED) is 0.277. The zero-order valence-electron chi connectivity index (χ0n) is 23.9. The van der Waals surface area contributed by atoms with Crippen LogP contribution < -0.4 is 14.8 Å². The molecule has 0 bridgehead atoms. The first kappa shape index (κ1) is 30.6. The third-order valence-electron chi connectivity index (χ3n) is 7.75. The number of aliphatic imine (C=N–C) groups is 1. The summed E-state index contributed by atoms with van der Waals surface area (Å²) < 4.78 is 25.5. The van der Waals surface area contributed by atoms with Gasteiger partial charge in [-0.05, 0) is 108 Å². The molecule has 3 fully saturated rings. The second-order valence-electron chi connectivity index (χ2n) is 10.9. The molecule has 2 aromatic carbocycles. The van der Waals surface area contributed by atoms with Gasteiger partial charge in [0.2, 0.25) is 0 Å². The Hall–Kier alpha value is -2.85. The number of halogens is 2. The molecule has 2 aromatic rings. The summed E-state index contributed by atoms with van der Waals surface area (Å²) in [5.74, 6) is 0.110. The van der Waals surface area contributed by atoms with Gasteiger partial charge in [-0.15, -0.1) is 0 Å². The van der Waals surface area contributed by atoms with E-state index in [1.165, 1.54) is 61.7 Å². The van der Waals surface area contributed by atoms with Crippen LogP contribution in [0.25, 0.3) is 6.08 Å². The average Bonchev–Trinajstić information content (AvgIpc) is 3.28. The van der Waals surface area contributed by atoms with E-state index in [1.54, 1.807) is 0 Å². The third-order valence-corrected chi connectivity index (χ3v) is 9.34. The lowest BCUT2D eigenvalue weighted by molar-refractivity contribution is -0.124. The van der Waals surface area contributed by atoms with Gasteiger partial charge in [0.05, 0.1) is 22.0 Å². The molecule has 2 amide bonds. The lowest BCUT2D eigenvalue weighted by Crippen LogP contribution is -2.41. The molecule has 1 N–H and O–H groups in total. The molecule has 0 atom stereocenters. The Morgan fingerprint density at radius 1 is 1.07 bits per heavy atom. The van der Waals surface area contributed by atoms with Gasteiger partial charge in [-0.1, -0.05) is 38.5 Å². The minimum atomic E-state index is -0.386. The standard InChI is InChI=1S/C32H37BrFN3O4S/c1-2-40-27-18-21(17-26(33)30(27)41-20-29(38)35-24-15-13-22(34)14-16-24)19-28-31(39)37(25-11-7-4-8-12-25)32(42-28)36-23-9-5-3-6-10-23/h13-19,23,25H,2-12,20H2,1H3,(H,35,38). The summed E-state index contributed by atoms with van der Waals surface area (Å²) in [4.78, 5) is 34.0. The summed E-state index contributed by atoms with van der Waals surface area (Å²) in [6.45, 7) is 2.00. The summed E-state index contributed by atoms with van der Waals surface area (Å²) in [5.41, 5.74) is 1.26. The number of benzene rings is 2. The molecule has 42 heavy (non-hydrogen) atoms. The first-order valence-electron chi connectivity index (χ1n) is 14.9. The number of rotatable bonds is 9. The Bertz CT molecular complexity index is 1340. The van der Waals surface area contributed by atoms with Gasteiger partial charge in [-0.25, -0.2) is 4.39 Å². The van der Waals surface area contributed by atoms with Crippen molar-refractivity contribution in [3.05, 3.63) is 57.2 Å². The molecule has 224 valence electrons. The lowest BCUT2D eigenvalue weighted by atomic mass is 9.94. The van der Waals surface area contributed by atoms with Crippen molar-refractivity contribution in [2.75, 3.05) is 18.5 Å². The number of carbonyl (C=O) groups is 2. The number of hydrogen-bond acceptors (Lipinski definition) is 6. The van der Waals surface area contributed by atoms with Gasteiger partial charge < -0.3 is 14.8 Å². The summed E-state index contributed by atoms with van der Waals surface area (Å²) in [6.07, 6.45) is 13.3. The van der Waals surface area contributed by atoms with Crippen molar-refractivity contribution < 1.29 is 23.5 Å². The topological polar surface area (TPSA) is 80.2 Å². The van der Waals surface area contributed by atoms with Gasteiger partial charge >= 0.3 is 0 Å². The Morgan fingerprint density at radius 3 is 2.45 bits per heavy atom. The number of amidine groups is 1. The number of amides is 2. The van der Waals surface area contributed by atoms with E-state index in [0.717, 1.165) is 49.3 Å². The maximum atomic E-state index is 13.8. The number of nitrogens with zero attached hydrogens (tertiary/aromatic N) is 2. The average molecular weight is 659 g/mol. The maximum Gasteiger partial charge on any atom is 0.266 e. The summed E-state index contributed by atoms with van der Waals surface area (Å²) in [7, 11) is 0. The van der Waals surface area contributed by atoms with Crippen LogP contribution in [0.4, 0.5) is 10.1 Å². The molecular weight excluding hydrogens is 621 g/mol. The van der Waals surface area contributed by atoms with Crippen molar-refractivity contribution in [1.29, 1.82) is 0 Å². The maximum absolute atomic E-state index is 13.8. The number of ether oxygens (including phenoxy) is 2. The number of hydrogen-bond donors (Lipinski definition) is 1. The van der Waals surface area contributed by atoms with Crippen LogP contribution >= 0.6 is 27.7 Å². The van der Waals surface area contributed by atoms with Crippen LogP contribution in [-0.2, 0) is 9.59 Å². The van der Waals surface area contributed by atoms with Crippen LogP contribution in [0.3, 0.4) is 0 Å². The van der Waals surface area contributed by atoms with Crippen LogP contribution in [0.5, 0.6) is 11.5 Å². The molecule has 5 rings (SSSR count). The minimum absolute atomic E-state index is 0.0216. The summed E-state index contributed by atoms with van der Waals surface area (Å²) in [6, 6.07) is 9.70. The largest absolute Gasteiger partial charge is 0.490 e. The zero-order valence-corrected chi connectivity index (χ0v) is 26.3. The molecule has 2 saturated carbocycles. The molecule has 7 nitrogen and oxygen atoms in total. The first-order valence-corrected chi connectivity index (χ1v) is 16.5.